The summed E-state index contributed by atoms with van der Waals surface area (Å²) in [5.41, 5.74) is 6.45. The average Bonchev–Trinajstić information content (AvgIpc) is 3.42. The Morgan fingerprint density at radius 3 is 2.12 bits per heavy atom. The van der Waals surface area contributed by atoms with Gasteiger partial charge < -0.3 is 30.3 Å². The fourth-order valence-electron chi connectivity index (χ4n) is 7.63. The number of hydrogen-bond acceptors (Lipinski definition) is 6. The van der Waals surface area contributed by atoms with Crippen LogP contribution in [0.2, 0.25) is 0 Å². The van der Waals surface area contributed by atoms with E-state index in [-0.39, 0.29) is 65.3 Å². The molecule has 0 aromatic carbocycles. The minimum absolute atomic E-state index is 0.00719. The van der Waals surface area contributed by atoms with Gasteiger partial charge in [-0.2, -0.15) is 0 Å². The molecule has 1 aliphatic carbocycles. The molecule has 9 heteroatoms. The molecule has 0 aromatic rings. The van der Waals surface area contributed by atoms with Crippen LogP contribution in [0.25, 0.3) is 0 Å². The predicted molar refractivity (Wildman–Crippen MR) is 200 cm³/mol. The van der Waals surface area contributed by atoms with Crippen LogP contribution in [0.1, 0.15) is 100 Å². The fourth-order valence-corrected chi connectivity index (χ4v) is 7.63. The number of nitrogens with one attached hydrogen (secondary N) is 1. The van der Waals surface area contributed by atoms with Crippen LogP contribution in [-0.2, 0) is 23.9 Å². The summed E-state index contributed by atoms with van der Waals surface area (Å²) < 4.78 is 12.0. The summed E-state index contributed by atoms with van der Waals surface area (Å²) in [5.74, 6) is -0.144. The summed E-state index contributed by atoms with van der Waals surface area (Å²) in [7, 11) is 5.01. The van der Waals surface area contributed by atoms with Crippen LogP contribution >= 0.6 is 0 Å². The van der Waals surface area contributed by atoms with Crippen LogP contribution in [0.15, 0.2) is 36.5 Å². The molecular weight excluding hydrogens is 616 g/mol. The van der Waals surface area contributed by atoms with Gasteiger partial charge in [0.15, 0.2) is 0 Å². The Kier molecular flexibility index (Phi) is 17.8. The van der Waals surface area contributed by atoms with Crippen molar-refractivity contribution >= 4 is 17.7 Å². The molecule has 1 aliphatic heterocycles. The molecule has 2 aliphatic rings. The third-order valence-electron chi connectivity index (χ3n) is 11.8. The first-order valence-electron chi connectivity index (χ1n) is 18.9. The third kappa shape index (κ3) is 11.5. The van der Waals surface area contributed by atoms with Gasteiger partial charge in [-0.15, -0.1) is 0 Å². The lowest BCUT2D eigenvalue weighted by Gasteiger charge is -2.40. The second kappa shape index (κ2) is 20.4. The molecule has 0 spiro atoms. The number of rotatable bonds is 20. The first kappa shape index (κ1) is 42.7. The van der Waals surface area contributed by atoms with Crippen molar-refractivity contribution in [1.82, 2.24) is 15.1 Å². The van der Waals surface area contributed by atoms with Gasteiger partial charge in [0.2, 0.25) is 17.7 Å². The highest BCUT2D eigenvalue weighted by Gasteiger charge is 2.42. The smallest absolute Gasteiger partial charge is 0.239 e. The molecule has 280 valence electrons. The van der Waals surface area contributed by atoms with Gasteiger partial charge in [0.25, 0.3) is 0 Å². The predicted octanol–water partition coefficient (Wildman–Crippen LogP) is 6.14. The third-order valence-corrected chi connectivity index (χ3v) is 11.8. The van der Waals surface area contributed by atoms with Crippen molar-refractivity contribution in [3.8, 4) is 0 Å². The first-order chi connectivity index (χ1) is 23.2. The molecule has 0 aromatic heterocycles. The number of nitrogens with zero attached hydrogens (tertiary/aromatic N) is 2. The Hall–Kier alpha value is -2.49. The van der Waals surface area contributed by atoms with Gasteiger partial charge in [-0.3, -0.25) is 14.4 Å². The minimum atomic E-state index is -0.627. The normalized spacial score (nSPS) is 21.2. The highest BCUT2D eigenvalue weighted by molar-refractivity contribution is 5.82. The number of nitrogens with two attached hydrogens (primary N) is 1. The summed E-state index contributed by atoms with van der Waals surface area (Å²) in [5, 5.41) is 3.29. The maximum absolute atomic E-state index is 14.0. The number of hydrogen-bond donors (Lipinski definition) is 2. The van der Waals surface area contributed by atoms with Crippen LogP contribution in [0.3, 0.4) is 0 Å². The van der Waals surface area contributed by atoms with Crippen molar-refractivity contribution in [2.24, 2.45) is 40.7 Å². The van der Waals surface area contributed by atoms with Crippen LogP contribution in [-0.4, -0.2) is 92.2 Å². The lowest BCUT2D eigenvalue weighted by atomic mass is 9.73. The number of likely N-dealkylation sites (N-methyl/N-ethyl adjacent to an activating group) is 1. The van der Waals surface area contributed by atoms with Gasteiger partial charge in [-0.05, 0) is 48.3 Å². The SMILES string of the molecule is CC[C@H](C)[C@@H]([C@@H](CC(=O)N1CCC[C@H]1[C@H](OC)[C@@H](C)C(=O)NCC(CC(C)(CC)CC)C1C=CC=CC=C1)OC)N(C)C(=O)[C@@H](N)C(C)C. The number of carbonyl (C=O) groups is 3. The van der Waals surface area contributed by atoms with E-state index in [1.54, 1.807) is 26.2 Å². The number of likely N-dealkylation sites (tertiary alicyclic amines) is 1. The number of amides is 3. The highest BCUT2D eigenvalue weighted by atomic mass is 16.5. The zero-order valence-corrected chi connectivity index (χ0v) is 32.6. The van der Waals surface area contributed by atoms with E-state index in [0.717, 1.165) is 38.5 Å². The zero-order chi connectivity index (χ0) is 36.9. The van der Waals surface area contributed by atoms with Gasteiger partial charge >= 0.3 is 0 Å². The topological polar surface area (TPSA) is 114 Å². The summed E-state index contributed by atoms with van der Waals surface area (Å²) in [6.45, 7) is 17.9. The molecule has 8 atom stereocenters. The van der Waals surface area contributed by atoms with Gasteiger partial charge in [-0.25, -0.2) is 0 Å². The number of allylic oxidation sites excluding steroid dienone is 6. The molecule has 0 radical (unpaired) electrons. The summed E-state index contributed by atoms with van der Waals surface area (Å²) in [4.78, 5) is 44.7. The van der Waals surface area contributed by atoms with Gasteiger partial charge in [0, 0.05) is 34.4 Å². The van der Waals surface area contributed by atoms with E-state index in [4.69, 9.17) is 15.2 Å². The molecule has 3 N–H and O–H groups in total. The molecule has 3 amide bonds. The Morgan fingerprint density at radius 1 is 1.00 bits per heavy atom. The van der Waals surface area contributed by atoms with E-state index in [9.17, 15) is 14.4 Å². The van der Waals surface area contributed by atoms with Gasteiger partial charge in [0.1, 0.15) is 0 Å². The molecular formula is C40H70N4O5. The van der Waals surface area contributed by atoms with E-state index in [0.29, 0.717) is 13.1 Å². The van der Waals surface area contributed by atoms with E-state index in [2.05, 4.69) is 64.2 Å². The van der Waals surface area contributed by atoms with E-state index in [1.807, 2.05) is 37.8 Å². The highest BCUT2D eigenvalue weighted by Crippen LogP contribution is 2.37. The first-order valence-corrected chi connectivity index (χ1v) is 18.9. The lowest BCUT2D eigenvalue weighted by molar-refractivity contribution is -0.146. The number of ether oxygens (including phenoxy) is 2. The molecule has 0 saturated carbocycles. The van der Waals surface area contributed by atoms with E-state index < -0.39 is 24.2 Å². The minimum Gasteiger partial charge on any atom is -0.379 e. The summed E-state index contributed by atoms with van der Waals surface area (Å²) in [6.07, 6.45) is 17.5. The fraction of sp³-hybridized carbons (Fsp3) is 0.775. The second-order valence-corrected chi connectivity index (χ2v) is 15.3. The van der Waals surface area contributed by atoms with E-state index >= 15 is 0 Å². The molecule has 1 unspecified atom stereocenters. The van der Waals surface area contributed by atoms with Gasteiger partial charge in [-0.1, -0.05) is 111 Å². The monoisotopic (exact) mass is 687 g/mol. The van der Waals surface area contributed by atoms with E-state index in [1.165, 1.54) is 0 Å². The molecule has 49 heavy (non-hydrogen) atoms. The Labute approximate surface area is 298 Å². The van der Waals surface area contributed by atoms with Crippen molar-refractivity contribution in [2.75, 3.05) is 34.4 Å². The maximum Gasteiger partial charge on any atom is 0.239 e. The Morgan fingerprint density at radius 2 is 1.61 bits per heavy atom. The van der Waals surface area contributed by atoms with Crippen LogP contribution < -0.4 is 11.1 Å². The zero-order valence-electron chi connectivity index (χ0n) is 32.6. The largest absolute Gasteiger partial charge is 0.379 e. The van der Waals surface area contributed by atoms with Crippen molar-refractivity contribution in [1.29, 1.82) is 0 Å². The quantitative estimate of drug-likeness (QED) is 0.159. The second-order valence-electron chi connectivity index (χ2n) is 15.3. The van der Waals surface area contributed by atoms with Gasteiger partial charge in [0.05, 0.1) is 42.7 Å². The van der Waals surface area contributed by atoms with Crippen LogP contribution in [0.4, 0.5) is 0 Å². The molecule has 1 heterocycles. The molecule has 1 saturated heterocycles. The number of carbonyl (C=O) groups excluding carboxylic acids is 3. The maximum atomic E-state index is 14.0. The number of methoxy groups -OCH3 is 2. The molecule has 9 nitrogen and oxygen atoms in total. The van der Waals surface area contributed by atoms with Crippen LogP contribution in [0.5, 0.6) is 0 Å². The average molecular weight is 687 g/mol. The Balaban J connectivity index is 2.21. The summed E-state index contributed by atoms with van der Waals surface area (Å²) in [6, 6.07) is -1.17. The van der Waals surface area contributed by atoms with Crippen molar-refractivity contribution in [3.05, 3.63) is 36.5 Å². The van der Waals surface area contributed by atoms with Crippen LogP contribution in [0, 0.1) is 35.0 Å². The molecule has 1 fully saturated rings. The van der Waals surface area contributed by atoms with Crippen molar-refractivity contribution < 1.29 is 23.9 Å². The molecule has 0 bridgehead atoms. The molecule has 2 rings (SSSR count). The Bertz CT molecular complexity index is 1120. The lowest BCUT2D eigenvalue weighted by Crippen LogP contribution is -2.56. The standard InChI is InChI=1S/C40H70N4O5/c1-12-28(6)36(43(9)39(47)35(41)27(4)5)33(48-10)24-34(45)44-23-19-22-32(44)37(49-11)29(7)38(46)42-26-31(25-40(8,13-2)14-3)30-20-17-15-16-18-21-30/h15-18,20-21,27-33,35-37H,12-14,19,22-26,41H2,1-11H3,(H,42,46)/t28-,29+,31?,32-,33+,35-,36-,37+/m0/s1. The van der Waals surface area contributed by atoms with Crippen molar-refractivity contribution in [3.63, 3.8) is 0 Å². The summed E-state index contributed by atoms with van der Waals surface area (Å²) >= 11 is 0. The van der Waals surface area contributed by atoms with Crippen molar-refractivity contribution in [2.45, 2.75) is 131 Å².